The van der Waals surface area contributed by atoms with Crippen molar-refractivity contribution in [2.75, 3.05) is 13.2 Å². The monoisotopic (exact) mass is 368 g/mol. The number of rotatable bonds is 13. The molecule has 0 aliphatic carbocycles. The van der Waals surface area contributed by atoms with E-state index in [1.807, 2.05) is 18.2 Å². The first kappa shape index (κ1) is 21.0. The van der Waals surface area contributed by atoms with Gasteiger partial charge in [0, 0.05) is 0 Å². The Morgan fingerprint density at radius 1 is 0.778 bits per heavy atom. The molecular formula is C24H32O3. The number of carbonyl (C=O) groups excluding carboxylic acids is 1. The molecule has 0 unspecified atom stereocenters. The molecule has 2 aromatic rings. The van der Waals surface area contributed by atoms with Gasteiger partial charge in [0.2, 0.25) is 0 Å². The molecule has 3 nitrogen and oxygen atoms in total. The van der Waals surface area contributed by atoms with E-state index in [-0.39, 0.29) is 5.97 Å². The highest BCUT2D eigenvalue weighted by Crippen LogP contribution is 2.14. The summed E-state index contributed by atoms with van der Waals surface area (Å²) in [5.74, 6) is 0.547. The lowest BCUT2D eigenvalue weighted by molar-refractivity contribution is 0.0498. The van der Waals surface area contributed by atoms with Crippen LogP contribution in [0.4, 0.5) is 0 Å². The molecular weight excluding hydrogens is 336 g/mol. The maximum absolute atomic E-state index is 12.1. The van der Waals surface area contributed by atoms with E-state index in [2.05, 4.69) is 31.2 Å². The fraction of sp³-hybridized carbons (Fsp3) is 0.458. The van der Waals surface area contributed by atoms with Gasteiger partial charge in [-0.2, -0.15) is 0 Å². The van der Waals surface area contributed by atoms with E-state index in [4.69, 9.17) is 9.47 Å². The molecule has 0 bridgehead atoms. The van der Waals surface area contributed by atoms with Crippen molar-refractivity contribution in [3.63, 3.8) is 0 Å². The topological polar surface area (TPSA) is 35.5 Å². The smallest absolute Gasteiger partial charge is 0.338 e. The minimum absolute atomic E-state index is 0.263. The SMILES string of the molecule is CCCCCCCOc1ccc(C(=O)OCCCCc2ccccc2)cc1. The predicted octanol–water partition coefficient (Wildman–Crippen LogP) is 6.22. The lowest BCUT2D eigenvalue weighted by atomic mass is 10.1. The van der Waals surface area contributed by atoms with Crippen molar-refractivity contribution in [2.24, 2.45) is 0 Å². The van der Waals surface area contributed by atoms with Gasteiger partial charge in [-0.3, -0.25) is 0 Å². The van der Waals surface area contributed by atoms with Gasteiger partial charge in [-0.25, -0.2) is 4.79 Å². The van der Waals surface area contributed by atoms with E-state index in [0.717, 1.165) is 38.0 Å². The Hall–Kier alpha value is -2.29. The summed E-state index contributed by atoms with van der Waals surface area (Å²) in [5, 5.41) is 0. The Labute approximate surface area is 163 Å². The van der Waals surface area contributed by atoms with Crippen LogP contribution in [0.3, 0.4) is 0 Å². The van der Waals surface area contributed by atoms with Gasteiger partial charge >= 0.3 is 5.97 Å². The average molecular weight is 369 g/mol. The summed E-state index contributed by atoms with van der Waals surface area (Å²) in [7, 11) is 0. The van der Waals surface area contributed by atoms with Crippen LogP contribution < -0.4 is 4.74 Å². The average Bonchev–Trinajstić information content (AvgIpc) is 2.71. The highest BCUT2D eigenvalue weighted by molar-refractivity contribution is 5.89. The summed E-state index contributed by atoms with van der Waals surface area (Å²) < 4.78 is 11.1. The molecule has 0 atom stereocenters. The molecule has 0 amide bonds. The largest absolute Gasteiger partial charge is 0.494 e. The van der Waals surface area contributed by atoms with Crippen LogP contribution in [-0.2, 0) is 11.2 Å². The van der Waals surface area contributed by atoms with Gasteiger partial charge in [-0.15, -0.1) is 0 Å². The Morgan fingerprint density at radius 2 is 1.48 bits per heavy atom. The van der Waals surface area contributed by atoms with Crippen LogP contribution >= 0.6 is 0 Å². The number of hydrogen-bond acceptors (Lipinski definition) is 3. The van der Waals surface area contributed by atoms with Crippen molar-refractivity contribution in [2.45, 2.75) is 58.3 Å². The van der Waals surface area contributed by atoms with Crippen molar-refractivity contribution in [3.8, 4) is 5.75 Å². The fourth-order valence-electron chi connectivity index (χ4n) is 2.91. The van der Waals surface area contributed by atoms with E-state index in [0.29, 0.717) is 12.2 Å². The number of unbranched alkanes of at least 4 members (excludes halogenated alkanes) is 5. The first-order valence-corrected chi connectivity index (χ1v) is 10.2. The van der Waals surface area contributed by atoms with Gasteiger partial charge in [-0.05, 0) is 55.5 Å². The molecule has 3 heteroatoms. The zero-order valence-electron chi connectivity index (χ0n) is 16.5. The Kier molecular flexibility index (Phi) is 10.1. The van der Waals surface area contributed by atoms with Crippen LogP contribution in [0.5, 0.6) is 5.75 Å². The molecule has 0 N–H and O–H groups in total. The van der Waals surface area contributed by atoms with Crippen LogP contribution in [0.2, 0.25) is 0 Å². The van der Waals surface area contributed by atoms with Gasteiger partial charge in [0.15, 0.2) is 0 Å². The van der Waals surface area contributed by atoms with E-state index in [1.165, 1.54) is 31.2 Å². The summed E-state index contributed by atoms with van der Waals surface area (Å²) in [6, 6.07) is 17.6. The molecule has 0 aromatic heterocycles. The Morgan fingerprint density at radius 3 is 2.22 bits per heavy atom. The third-order valence-corrected chi connectivity index (χ3v) is 4.54. The van der Waals surface area contributed by atoms with Crippen molar-refractivity contribution in [1.29, 1.82) is 0 Å². The minimum Gasteiger partial charge on any atom is -0.494 e. The lowest BCUT2D eigenvalue weighted by Crippen LogP contribution is -2.07. The maximum Gasteiger partial charge on any atom is 0.338 e. The van der Waals surface area contributed by atoms with E-state index in [9.17, 15) is 4.79 Å². The Balaban J connectivity index is 1.59. The molecule has 0 saturated carbocycles. The number of carbonyl (C=O) groups is 1. The first-order chi connectivity index (χ1) is 13.3. The van der Waals surface area contributed by atoms with Crippen LogP contribution in [0.1, 0.15) is 67.8 Å². The van der Waals surface area contributed by atoms with Crippen molar-refractivity contribution in [3.05, 3.63) is 65.7 Å². The second-order valence-corrected chi connectivity index (χ2v) is 6.87. The Bertz CT molecular complexity index is 634. The zero-order valence-corrected chi connectivity index (χ0v) is 16.5. The molecule has 0 aliphatic rings. The predicted molar refractivity (Wildman–Crippen MR) is 110 cm³/mol. The molecule has 2 aromatic carbocycles. The molecule has 27 heavy (non-hydrogen) atoms. The second kappa shape index (κ2) is 13.0. The van der Waals surface area contributed by atoms with Crippen molar-refractivity contribution < 1.29 is 14.3 Å². The van der Waals surface area contributed by atoms with Crippen LogP contribution in [-0.4, -0.2) is 19.2 Å². The molecule has 0 radical (unpaired) electrons. The highest BCUT2D eigenvalue weighted by Gasteiger charge is 2.07. The summed E-state index contributed by atoms with van der Waals surface area (Å²) >= 11 is 0. The van der Waals surface area contributed by atoms with Gasteiger partial charge in [-0.1, -0.05) is 62.9 Å². The molecule has 0 aliphatic heterocycles. The molecule has 0 heterocycles. The van der Waals surface area contributed by atoms with E-state index in [1.54, 1.807) is 12.1 Å². The number of benzene rings is 2. The first-order valence-electron chi connectivity index (χ1n) is 10.2. The fourth-order valence-corrected chi connectivity index (χ4v) is 2.91. The summed E-state index contributed by atoms with van der Waals surface area (Å²) in [5.41, 5.74) is 1.90. The number of hydrogen-bond donors (Lipinski definition) is 0. The number of ether oxygens (including phenoxy) is 2. The standard InChI is InChI=1S/C24H32O3/c1-2-3-4-5-10-19-26-23-17-15-22(16-18-23)24(25)27-20-11-9-14-21-12-7-6-8-13-21/h6-8,12-13,15-18H,2-5,9-11,14,19-20H2,1H3. The van der Waals surface area contributed by atoms with Crippen LogP contribution in [0, 0.1) is 0 Å². The van der Waals surface area contributed by atoms with Gasteiger partial charge in [0.1, 0.15) is 5.75 Å². The van der Waals surface area contributed by atoms with E-state index >= 15 is 0 Å². The second-order valence-electron chi connectivity index (χ2n) is 6.87. The third-order valence-electron chi connectivity index (χ3n) is 4.54. The van der Waals surface area contributed by atoms with Crippen molar-refractivity contribution >= 4 is 5.97 Å². The molecule has 2 rings (SSSR count). The molecule has 0 fully saturated rings. The summed E-state index contributed by atoms with van der Waals surface area (Å²) in [4.78, 5) is 12.1. The minimum atomic E-state index is -0.263. The van der Waals surface area contributed by atoms with Gasteiger partial charge in [0.05, 0.1) is 18.8 Å². The van der Waals surface area contributed by atoms with Gasteiger partial charge in [0.25, 0.3) is 0 Å². The zero-order chi connectivity index (χ0) is 19.2. The summed E-state index contributed by atoms with van der Waals surface area (Å²) in [6.45, 7) is 3.41. The normalized spacial score (nSPS) is 10.6. The van der Waals surface area contributed by atoms with Crippen molar-refractivity contribution in [1.82, 2.24) is 0 Å². The molecule has 146 valence electrons. The molecule has 0 saturated heterocycles. The third kappa shape index (κ3) is 8.76. The summed E-state index contributed by atoms with van der Waals surface area (Å²) in [6.07, 6.45) is 9.02. The quantitative estimate of drug-likeness (QED) is 0.311. The van der Waals surface area contributed by atoms with Crippen LogP contribution in [0.25, 0.3) is 0 Å². The number of esters is 1. The highest BCUT2D eigenvalue weighted by atomic mass is 16.5. The van der Waals surface area contributed by atoms with Crippen LogP contribution in [0.15, 0.2) is 54.6 Å². The number of aryl methyl sites for hydroxylation is 1. The van der Waals surface area contributed by atoms with E-state index < -0.39 is 0 Å². The maximum atomic E-state index is 12.1. The molecule has 0 spiro atoms. The van der Waals surface area contributed by atoms with Gasteiger partial charge < -0.3 is 9.47 Å². The lowest BCUT2D eigenvalue weighted by Gasteiger charge is -2.08.